The van der Waals surface area contributed by atoms with Crippen molar-refractivity contribution in [3.63, 3.8) is 0 Å². The van der Waals surface area contributed by atoms with E-state index in [0.717, 1.165) is 19.3 Å². The predicted octanol–water partition coefficient (Wildman–Crippen LogP) is 3.48. The first-order chi connectivity index (χ1) is 7.79. The number of carbonyl (C=O) groups excluding carboxylic acids is 1. The molecule has 4 heteroatoms. The molecule has 1 N–H and O–H groups in total. The van der Waals surface area contributed by atoms with Crippen LogP contribution in [0.2, 0.25) is 0 Å². The SMILES string of the molecule is CCCCCN=Nc1cccc(C=O)c1O. The normalized spacial score (nSPS) is 10.8. The van der Waals surface area contributed by atoms with E-state index < -0.39 is 0 Å². The van der Waals surface area contributed by atoms with E-state index in [4.69, 9.17) is 0 Å². The average molecular weight is 220 g/mol. The van der Waals surface area contributed by atoms with Crippen LogP contribution < -0.4 is 0 Å². The van der Waals surface area contributed by atoms with Gasteiger partial charge in [0.25, 0.3) is 0 Å². The van der Waals surface area contributed by atoms with E-state index >= 15 is 0 Å². The molecule has 0 aromatic heterocycles. The second kappa shape index (κ2) is 6.71. The summed E-state index contributed by atoms with van der Waals surface area (Å²) in [4.78, 5) is 10.6. The molecule has 0 atom stereocenters. The molecule has 0 aliphatic heterocycles. The molecule has 1 aromatic carbocycles. The second-order valence-corrected chi connectivity index (χ2v) is 3.50. The van der Waals surface area contributed by atoms with Crippen molar-refractivity contribution in [1.82, 2.24) is 0 Å². The molecular weight excluding hydrogens is 204 g/mol. The number of para-hydroxylation sites is 1. The number of azo groups is 1. The Morgan fingerprint density at radius 3 is 2.88 bits per heavy atom. The van der Waals surface area contributed by atoms with E-state index in [9.17, 15) is 9.90 Å². The Bertz CT molecular complexity index is 375. The monoisotopic (exact) mass is 220 g/mol. The van der Waals surface area contributed by atoms with Gasteiger partial charge < -0.3 is 5.11 Å². The van der Waals surface area contributed by atoms with Gasteiger partial charge in [0.05, 0.1) is 12.1 Å². The first-order valence-corrected chi connectivity index (χ1v) is 5.44. The number of aromatic hydroxyl groups is 1. The maximum Gasteiger partial charge on any atom is 0.153 e. The van der Waals surface area contributed by atoms with Gasteiger partial charge >= 0.3 is 0 Å². The van der Waals surface area contributed by atoms with Crippen molar-refractivity contribution < 1.29 is 9.90 Å². The van der Waals surface area contributed by atoms with Crippen LogP contribution in [0.4, 0.5) is 5.69 Å². The predicted molar refractivity (Wildman–Crippen MR) is 62.4 cm³/mol. The topological polar surface area (TPSA) is 62.0 Å². The summed E-state index contributed by atoms with van der Waals surface area (Å²) < 4.78 is 0. The van der Waals surface area contributed by atoms with Crippen LogP contribution in [0.3, 0.4) is 0 Å². The second-order valence-electron chi connectivity index (χ2n) is 3.50. The fourth-order valence-electron chi connectivity index (χ4n) is 1.28. The highest BCUT2D eigenvalue weighted by Crippen LogP contribution is 2.29. The van der Waals surface area contributed by atoms with Crippen LogP contribution in [0, 0.1) is 0 Å². The van der Waals surface area contributed by atoms with Gasteiger partial charge in [-0.05, 0) is 18.6 Å². The Hall–Kier alpha value is -1.71. The van der Waals surface area contributed by atoms with E-state index in [-0.39, 0.29) is 11.3 Å². The summed E-state index contributed by atoms with van der Waals surface area (Å²) in [5.41, 5.74) is 0.589. The molecular formula is C12H16N2O2. The maximum absolute atomic E-state index is 10.6. The van der Waals surface area contributed by atoms with Gasteiger partial charge in [0.2, 0.25) is 0 Å². The first kappa shape index (κ1) is 12.4. The summed E-state index contributed by atoms with van der Waals surface area (Å²) in [6.07, 6.45) is 3.86. The molecule has 16 heavy (non-hydrogen) atoms. The molecule has 0 amide bonds. The Morgan fingerprint density at radius 1 is 1.38 bits per heavy atom. The minimum absolute atomic E-state index is 0.100. The third-order valence-corrected chi connectivity index (χ3v) is 2.21. The van der Waals surface area contributed by atoms with E-state index in [1.165, 1.54) is 0 Å². The average Bonchev–Trinajstić information content (AvgIpc) is 2.31. The number of hydrogen-bond donors (Lipinski definition) is 1. The van der Waals surface area contributed by atoms with Crippen molar-refractivity contribution >= 4 is 12.0 Å². The zero-order valence-corrected chi connectivity index (χ0v) is 9.39. The molecule has 86 valence electrons. The maximum atomic E-state index is 10.6. The molecule has 4 nitrogen and oxygen atoms in total. The minimum atomic E-state index is -0.100. The number of unbranched alkanes of at least 4 members (excludes halogenated alkanes) is 2. The lowest BCUT2D eigenvalue weighted by molar-refractivity contribution is 0.112. The molecule has 0 spiro atoms. The number of rotatable bonds is 6. The summed E-state index contributed by atoms with van der Waals surface area (Å²) in [6, 6.07) is 4.84. The molecule has 0 saturated carbocycles. The largest absolute Gasteiger partial charge is 0.505 e. The van der Waals surface area contributed by atoms with Crippen molar-refractivity contribution in [3.05, 3.63) is 23.8 Å². The third-order valence-electron chi connectivity index (χ3n) is 2.21. The van der Waals surface area contributed by atoms with Crippen LogP contribution in [0.25, 0.3) is 0 Å². The van der Waals surface area contributed by atoms with Gasteiger partial charge in [-0.1, -0.05) is 25.8 Å². The Labute approximate surface area is 95.0 Å². The fraction of sp³-hybridized carbons (Fsp3) is 0.417. The van der Waals surface area contributed by atoms with Crippen LogP contribution in [0.15, 0.2) is 28.4 Å². The highest BCUT2D eigenvalue weighted by molar-refractivity contribution is 5.82. The van der Waals surface area contributed by atoms with Crippen LogP contribution >= 0.6 is 0 Å². The highest BCUT2D eigenvalue weighted by atomic mass is 16.3. The third kappa shape index (κ3) is 3.46. The van der Waals surface area contributed by atoms with E-state index in [1.54, 1.807) is 18.2 Å². The number of aldehydes is 1. The lowest BCUT2D eigenvalue weighted by atomic mass is 10.2. The van der Waals surface area contributed by atoms with Gasteiger partial charge in [0.15, 0.2) is 12.0 Å². The lowest BCUT2D eigenvalue weighted by Crippen LogP contribution is -1.81. The van der Waals surface area contributed by atoms with Crippen molar-refractivity contribution in [1.29, 1.82) is 0 Å². The minimum Gasteiger partial charge on any atom is -0.505 e. The molecule has 0 bridgehead atoms. The molecule has 0 radical (unpaired) electrons. The number of hydrogen-bond acceptors (Lipinski definition) is 4. The van der Waals surface area contributed by atoms with Gasteiger partial charge in [0, 0.05) is 0 Å². The summed E-state index contributed by atoms with van der Waals surface area (Å²) in [5, 5.41) is 17.5. The van der Waals surface area contributed by atoms with Crippen molar-refractivity contribution in [2.75, 3.05) is 6.54 Å². The van der Waals surface area contributed by atoms with Gasteiger partial charge in [-0.15, -0.1) is 0 Å². The number of nitrogens with zero attached hydrogens (tertiary/aromatic N) is 2. The molecule has 1 aromatic rings. The standard InChI is InChI=1S/C12H16N2O2/c1-2-3-4-8-13-14-11-7-5-6-10(9-15)12(11)16/h5-7,9,16H,2-4,8H2,1H3. The number of carbonyl (C=O) groups is 1. The van der Waals surface area contributed by atoms with Crippen molar-refractivity contribution in [2.24, 2.45) is 10.2 Å². The molecule has 0 fully saturated rings. The van der Waals surface area contributed by atoms with E-state index in [0.29, 0.717) is 18.5 Å². The van der Waals surface area contributed by atoms with Crippen molar-refractivity contribution in [3.8, 4) is 5.75 Å². The van der Waals surface area contributed by atoms with Gasteiger partial charge in [-0.3, -0.25) is 4.79 Å². The molecule has 0 heterocycles. The Balaban J connectivity index is 2.63. The lowest BCUT2D eigenvalue weighted by Gasteiger charge is -1.99. The zero-order chi connectivity index (χ0) is 11.8. The number of phenolic OH excluding ortho intramolecular Hbond substituents is 1. The molecule has 0 aliphatic rings. The van der Waals surface area contributed by atoms with E-state index in [1.807, 2.05) is 0 Å². The number of benzene rings is 1. The van der Waals surface area contributed by atoms with Crippen LogP contribution in [0.5, 0.6) is 5.75 Å². The zero-order valence-electron chi connectivity index (χ0n) is 9.39. The van der Waals surface area contributed by atoms with Crippen LogP contribution in [0.1, 0.15) is 36.5 Å². The number of phenols is 1. The smallest absolute Gasteiger partial charge is 0.153 e. The summed E-state index contributed by atoms with van der Waals surface area (Å²) in [6.45, 7) is 2.77. The molecule has 0 unspecified atom stereocenters. The first-order valence-electron chi connectivity index (χ1n) is 5.44. The highest BCUT2D eigenvalue weighted by Gasteiger charge is 2.04. The Kier molecular flexibility index (Phi) is 5.19. The van der Waals surface area contributed by atoms with E-state index in [2.05, 4.69) is 17.2 Å². The summed E-state index contributed by atoms with van der Waals surface area (Å²) in [7, 11) is 0. The fourth-order valence-corrected chi connectivity index (χ4v) is 1.28. The summed E-state index contributed by atoms with van der Waals surface area (Å²) in [5.74, 6) is -0.100. The molecule has 0 saturated heterocycles. The van der Waals surface area contributed by atoms with Crippen LogP contribution in [-0.2, 0) is 0 Å². The van der Waals surface area contributed by atoms with Crippen molar-refractivity contribution in [2.45, 2.75) is 26.2 Å². The van der Waals surface area contributed by atoms with Crippen LogP contribution in [-0.4, -0.2) is 17.9 Å². The van der Waals surface area contributed by atoms with Gasteiger partial charge in [-0.2, -0.15) is 10.2 Å². The van der Waals surface area contributed by atoms with Gasteiger partial charge in [-0.25, -0.2) is 0 Å². The van der Waals surface area contributed by atoms with Gasteiger partial charge in [0.1, 0.15) is 5.69 Å². The quantitative estimate of drug-likeness (QED) is 0.453. The molecule has 1 rings (SSSR count). The Morgan fingerprint density at radius 2 is 2.19 bits per heavy atom. The molecule has 0 aliphatic carbocycles. The summed E-state index contributed by atoms with van der Waals surface area (Å²) >= 11 is 0.